The zero-order valence-electron chi connectivity index (χ0n) is 22.4. The average molecular weight is 536 g/mol. The summed E-state index contributed by atoms with van der Waals surface area (Å²) in [5.74, 6) is 1.50. The second-order valence-electron chi connectivity index (χ2n) is 10.5. The van der Waals surface area contributed by atoms with E-state index in [-0.39, 0.29) is 4.90 Å². The van der Waals surface area contributed by atoms with E-state index in [2.05, 4.69) is 14.9 Å². The van der Waals surface area contributed by atoms with Crippen LogP contribution in [0, 0.1) is 0 Å². The highest BCUT2D eigenvalue weighted by atomic mass is 32.2. The molecule has 38 heavy (non-hydrogen) atoms. The molecule has 0 N–H and O–H groups in total. The largest absolute Gasteiger partial charge is 0.497 e. The van der Waals surface area contributed by atoms with Gasteiger partial charge in [-0.3, -0.25) is 4.98 Å². The highest BCUT2D eigenvalue weighted by Gasteiger charge is 2.51. The van der Waals surface area contributed by atoms with Gasteiger partial charge in [-0.25, -0.2) is 13.4 Å². The molecule has 3 aromatic rings. The van der Waals surface area contributed by atoms with Crippen LogP contribution in [0.25, 0.3) is 11.3 Å². The highest BCUT2D eigenvalue weighted by molar-refractivity contribution is 7.89. The predicted octanol–water partition coefficient (Wildman–Crippen LogP) is 2.96. The molecule has 2 fully saturated rings. The number of anilines is 1. The molecule has 0 saturated carbocycles. The standard InChI is InChI=1S/C27H33BN4O5S/c1-26(2)27(3,4)37-28(36-26)21-7-6-8-23(19-21)38(33,34)32-17-15-31(16-18-32)25-24(29-13-14-30-25)20-9-11-22(35-5)12-10-20/h6-14,19H,15-18H2,1-5H3. The van der Waals surface area contributed by atoms with Gasteiger partial charge < -0.3 is 18.9 Å². The van der Waals surface area contributed by atoms with E-state index in [1.54, 1.807) is 37.7 Å². The SMILES string of the molecule is COc1ccc(-c2nccnc2N2CCN(S(=O)(=O)c3cccc(B4OC(C)(C)C(C)(C)O4)c3)CC2)cc1. The first-order valence-corrected chi connectivity index (χ1v) is 14.1. The molecule has 3 heterocycles. The Morgan fingerprint density at radius 3 is 2.16 bits per heavy atom. The molecule has 200 valence electrons. The third-order valence-corrected chi connectivity index (χ3v) is 9.50. The number of sulfonamides is 1. The Hall–Kier alpha value is -2.99. The first-order valence-electron chi connectivity index (χ1n) is 12.7. The van der Waals surface area contributed by atoms with E-state index < -0.39 is 28.3 Å². The van der Waals surface area contributed by atoms with Gasteiger partial charge in [-0.05, 0) is 69.6 Å². The molecule has 0 radical (unpaired) electrons. The van der Waals surface area contributed by atoms with Gasteiger partial charge in [0.2, 0.25) is 10.0 Å². The van der Waals surface area contributed by atoms with Gasteiger partial charge in [-0.15, -0.1) is 0 Å². The van der Waals surface area contributed by atoms with Crippen LogP contribution in [0.2, 0.25) is 0 Å². The predicted molar refractivity (Wildman–Crippen MR) is 147 cm³/mol. The topological polar surface area (TPSA) is 94.1 Å². The molecule has 0 atom stereocenters. The lowest BCUT2D eigenvalue weighted by Gasteiger charge is -2.35. The molecule has 0 bridgehead atoms. The highest BCUT2D eigenvalue weighted by Crippen LogP contribution is 2.36. The van der Waals surface area contributed by atoms with Crippen LogP contribution in [0.5, 0.6) is 5.75 Å². The van der Waals surface area contributed by atoms with Crippen molar-refractivity contribution < 1.29 is 22.5 Å². The fraction of sp³-hybridized carbons (Fsp3) is 0.407. The number of methoxy groups -OCH3 is 1. The Morgan fingerprint density at radius 2 is 1.53 bits per heavy atom. The van der Waals surface area contributed by atoms with Crippen LogP contribution in [0.3, 0.4) is 0 Å². The molecule has 0 aliphatic carbocycles. The quantitative estimate of drug-likeness (QED) is 0.444. The molecular weight excluding hydrogens is 503 g/mol. The van der Waals surface area contributed by atoms with Crippen molar-refractivity contribution in [1.82, 2.24) is 14.3 Å². The van der Waals surface area contributed by atoms with Crippen molar-refractivity contribution >= 4 is 28.4 Å². The lowest BCUT2D eigenvalue weighted by molar-refractivity contribution is 0.00578. The third kappa shape index (κ3) is 4.91. The molecule has 2 saturated heterocycles. The van der Waals surface area contributed by atoms with Crippen LogP contribution in [-0.2, 0) is 19.3 Å². The molecule has 5 rings (SSSR count). The minimum absolute atomic E-state index is 0.233. The van der Waals surface area contributed by atoms with Crippen LogP contribution in [-0.4, -0.2) is 74.3 Å². The summed E-state index contributed by atoms with van der Waals surface area (Å²) in [7, 11) is -2.70. The molecule has 0 unspecified atom stereocenters. The van der Waals surface area contributed by atoms with E-state index in [1.807, 2.05) is 58.0 Å². The molecule has 1 aromatic heterocycles. The summed E-state index contributed by atoms with van der Waals surface area (Å²) >= 11 is 0. The number of rotatable bonds is 6. The number of hydrogen-bond acceptors (Lipinski definition) is 8. The Bertz CT molecular complexity index is 1390. The average Bonchev–Trinajstić information content (AvgIpc) is 3.15. The van der Waals surface area contributed by atoms with E-state index in [0.717, 1.165) is 22.8 Å². The minimum atomic E-state index is -3.70. The molecular formula is C27H33BN4O5S. The Morgan fingerprint density at radius 1 is 0.895 bits per heavy atom. The van der Waals surface area contributed by atoms with Crippen molar-refractivity contribution in [2.45, 2.75) is 43.8 Å². The lowest BCUT2D eigenvalue weighted by Crippen LogP contribution is -2.49. The van der Waals surface area contributed by atoms with Crippen LogP contribution < -0.4 is 15.1 Å². The molecule has 2 aliphatic heterocycles. The van der Waals surface area contributed by atoms with E-state index in [1.165, 1.54) is 4.31 Å². The molecule has 9 nitrogen and oxygen atoms in total. The maximum atomic E-state index is 13.6. The summed E-state index contributed by atoms with van der Waals surface area (Å²) in [6.45, 7) is 9.57. The van der Waals surface area contributed by atoms with Crippen molar-refractivity contribution in [3.63, 3.8) is 0 Å². The van der Waals surface area contributed by atoms with Crippen molar-refractivity contribution in [3.8, 4) is 17.0 Å². The van der Waals surface area contributed by atoms with Crippen LogP contribution >= 0.6 is 0 Å². The van der Waals surface area contributed by atoms with Crippen molar-refractivity contribution in [2.75, 3.05) is 38.2 Å². The van der Waals surface area contributed by atoms with Gasteiger partial charge in [0.1, 0.15) is 11.4 Å². The maximum Gasteiger partial charge on any atom is 0.494 e. The van der Waals surface area contributed by atoms with Gasteiger partial charge in [0.15, 0.2) is 5.82 Å². The van der Waals surface area contributed by atoms with Gasteiger partial charge in [0, 0.05) is 44.1 Å². The fourth-order valence-electron chi connectivity index (χ4n) is 4.60. The summed E-state index contributed by atoms with van der Waals surface area (Å²) in [4.78, 5) is 11.5. The van der Waals surface area contributed by atoms with E-state index in [0.29, 0.717) is 31.6 Å². The second-order valence-corrected chi connectivity index (χ2v) is 12.4. The van der Waals surface area contributed by atoms with Gasteiger partial charge >= 0.3 is 7.12 Å². The van der Waals surface area contributed by atoms with Crippen molar-refractivity contribution in [1.29, 1.82) is 0 Å². The summed E-state index contributed by atoms with van der Waals surface area (Å²) in [6.07, 6.45) is 3.32. The van der Waals surface area contributed by atoms with Gasteiger partial charge in [0.25, 0.3) is 0 Å². The van der Waals surface area contributed by atoms with E-state index in [9.17, 15) is 8.42 Å². The summed E-state index contributed by atoms with van der Waals surface area (Å²) in [6, 6.07) is 14.5. The summed E-state index contributed by atoms with van der Waals surface area (Å²) < 4.78 is 46.2. The summed E-state index contributed by atoms with van der Waals surface area (Å²) in [5.41, 5.74) is 1.35. The second kappa shape index (κ2) is 9.96. The van der Waals surface area contributed by atoms with E-state index >= 15 is 0 Å². The van der Waals surface area contributed by atoms with Crippen LogP contribution in [0.4, 0.5) is 5.82 Å². The molecule has 0 amide bonds. The van der Waals surface area contributed by atoms with Gasteiger partial charge in [-0.2, -0.15) is 4.31 Å². The Kier molecular flexibility index (Phi) is 6.98. The Balaban J connectivity index is 1.31. The number of nitrogens with zero attached hydrogens (tertiary/aromatic N) is 4. The maximum absolute atomic E-state index is 13.6. The van der Waals surface area contributed by atoms with Gasteiger partial charge in [0.05, 0.1) is 23.2 Å². The molecule has 0 spiro atoms. The summed E-state index contributed by atoms with van der Waals surface area (Å²) in [5, 5.41) is 0. The number of hydrogen-bond donors (Lipinski definition) is 0. The number of ether oxygens (including phenoxy) is 1. The van der Waals surface area contributed by atoms with Crippen molar-refractivity contribution in [2.24, 2.45) is 0 Å². The van der Waals surface area contributed by atoms with E-state index in [4.69, 9.17) is 14.0 Å². The van der Waals surface area contributed by atoms with Gasteiger partial charge in [-0.1, -0.05) is 12.1 Å². The zero-order chi connectivity index (χ0) is 27.1. The first kappa shape index (κ1) is 26.6. The smallest absolute Gasteiger partial charge is 0.494 e. The zero-order valence-corrected chi connectivity index (χ0v) is 23.2. The normalized spacial score (nSPS) is 19.5. The van der Waals surface area contributed by atoms with Crippen LogP contribution in [0.1, 0.15) is 27.7 Å². The van der Waals surface area contributed by atoms with Crippen LogP contribution in [0.15, 0.2) is 65.8 Å². The third-order valence-electron chi connectivity index (χ3n) is 7.60. The first-order chi connectivity index (χ1) is 18.0. The monoisotopic (exact) mass is 536 g/mol. The minimum Gasteiger partial charge on any atom is -0.497 e. The number of piperazine rings is 1. The number of benzene rings is 2. The molecule has 11 heteroatoms. The molecule has 2 aliphatic rings. The lowest BCUT2D eigenvalue weighted by atomic mass is 9.79. The fourth-order valence-corrected chi connectivity index (χ4v) is 6.08. The Labute approximate surface area is 225 Å². The molecule has 2 aromatic carbocycles. The van der Waals surface area contributed by atoms with Crippen molar-refractivity contribution in [3.05, 3.63) is 60.9 Å². The number of aromatic nitrogens is 2.